The molecule has 5 rings (SSSR count). The molecule has 12 heteroatoms. The van der Waals surface area contributed by atoms with Crippen molar-refractivity contribution in [2.24, 2.45) is 0 Å². The zero-order valence-electron chi connectivity index (χ0n) is 24.5. The van der Waals surface area contributed by atoms with Crippen LogP contribution < -0.4 is 0 Å². The first kappa shape index (κ1) is 30.7. The van der Waals surface area contributed by atoms with E-state index in [-0.39, 0.29) is 11.8 Å². The van der Waals surface area contributed by atoms with Gasteiger partial charge in [0, 0.05) is 66.5 Å². The molecule has 1 aromatic rings. The van der Waals surface area contributed by atoms with E-state index in [1.54, 1.807) is 19.6 Å². The van der Waals surface area contributed by atoms with Crippen molar-refractivity contribution in [3.8, 4) is 0 Å². The van der Waals surface area contributed by atoms with E-state index >= 15 is 0 Å². The van der Waals surface area contributed by atoms with E-state index in [9.17, 15) is 9.59 Å². The summed E-state index contributed by atoms with van der Waals surface area (Å²) in [5, 5.41) is 1.06. The number of likely N-dealkylation sites (N-methyl/N-ethyl adjacent to an activating group) is 2. The Kier molecular flexibility index (Phi) is 10.3. The second-order valence-corrected chi connectivity index (χ2v) is 11.7. The van der Waals surface area contributed by atoms with E-state index in [4.69, 9.17) is 33.9 Å². The molecule has 2 amide bonds. The van der Waals surface area contributed by atoms with Crippen molar-refractivity contribution < 1.29 is 19.1 Å². The van der Waals surface area contributed by atoms with Gasteiger partial charge in [0.15, 0.2) is 10.2 Å². The fourth-order valence-corrected chi connectivity index (χ4v) is 6.12. The minimum atomic E-state index is -0.0731. The first-order valence-corrected chi connectivity index (χ1v) is 15.5. The predicted octanol–water partition coefficient (Wildman–Crippen LogP) is 1.93. The van der Waals surface area contributed by atoms with Crippen LogP contribution >= 0.6 is 24.4 Å². The van der Waals surface area contributed by atoms with Gasteiger partial charge in [-0.15, -0.1) is 0 Å². The number of rotatable bonds is 10. The third-order valence-corrected chi connectivity index (χ3v) is 9.14. The topological polar surface area (TPSA) is 72.0 Å². The molecule has 42 heavy (non-hydrogen) atoms. The number of nitrogens with zero attached hydrogens (tertiary/aromatic N) is 6. The minimum absolute atomic E-state index is 0.0731. The van der Waals surface area contributed by atoms with Gasteiger partial charge in [0.1, 0.15) is 11.4 Å². The molecule has 0 spiro atoms. The average molecular weight is 613 g/mol. The summed E-state index contributed by atoms with van der Waals surface area (Å²) in [5.74, 6) is -0.146. The van der Waals surface area contributed by atoms with Crippen molar-refractivity contribution >= 4 is 58.6 Å². The average Bonchev–Trinajstić information content (AvgIpc) is 3.33. The molecule has 10 nitrogen and oxygen atoms in total. The molecule has 4 aliphatic heterocycles. The molecule has 226 valence electrons. The summed E-state index contributed by atoms with van der Waals surface area (Å²) < 4.78 is 10.8. The van der Waals surface area contributed by atoms with Crippen LogP contribution in [-0.4, -0.2) is 144 Å². The van der Waals surface area contributed by atoms with Crippen molar-refractivity contribution in [3.63, 3.8) is 0 Å². The number of benzene rings is 1. The van der Waals surface area contributed by atoms with Gasteiger partial charge in [-0.05, 0) is 60.6 Å². The van der Waals surface area contributed by atoms with Crippen LogP contribution in [0, 0.1) is 0 Å². The number of ether oxygens (including phenoxy) is 2. The summed E-state index contributed by atoms with van der Waals surface area (Å²) >= 11 is 11.2. The first-order valence-electron chi connectivity index (χ1n) is 14.7. The molecule has 0 N–H and O–H groups in total. The van der Waals surface area contributed by atoms with Crippen LogP contribution in [0.5, 0.6) is 0 Å². The molecule has 0 atom stereocenters. The molecular weight excluding hydrogens is 573 g/mol. The van der Waals surface area contributed by atoms with Crippen molar-refractivity contribution in [1.82, 2.24) is 29.4 Å². The summed E-state index contributed by atoms with van der Waals surface area (Å²) in [4.78, 5) is 38.1. The van der Waals surface area contributed by atoms with Crippen LogP contribution in [-0.2, 0) is 19.1 Å². The second kappa shape index (κ2) is 14.2. The Balaban J connectivity index is 1.18. The maximum Gasteiger partial charge on any atom is 0.276 e. The highest BCUT2D eigenvalue weighted by atomic mass is 32.1. The molecule has 4 heterocycles. The molecule has 4 aliphatic rings. The first-order chi connectivity index (χ1) is 20.3. The Labute approximate surface area is 259 Å². The predicted molar refractivity (Wildman–Crippen MR) is 170 cm³/mol. The molecule has 4 saturated heterocycles. The fourth-order valence-electron chi connectivity index (χ4n) is 5.58. The van der Waals surface area contributed by atoms with Gasteiger partial charge in [0.05, 0.1) is 26.4 Å². The highest BCUT2D eigenvalue weighted by Gasteiger charge is 2.36. The number of carbonyl (C=O) groups excluding carboxylic acids is 2. The van der Waals surface area contributed by atoms with Crippen LogP contribution in [0.15, 0.2) is 35.7 Å². The number of hydrogen-bond acceptors (Lipinski definition) is 8. The maximum atomic E-state index is 13.2. The highest BCUT2D eigenvalue weighted by Crippen LogP contribution is 2.25. The zero-order chi connectivity index (χ0) is 29.6. The van der Waals surface area contributed by atoms with Gasteiger partial charge in [0.2, 0.25) is 0 Å². The van der Waals surface area contributed by atoms with E-state index < -0.39 is 0 Å². The lowest BCUT2D eigenvalue weighted by Gasteiger charge is -2.27. The van der Waals surface area contributed by atoms with Gasteiger partial charge in [-0.25, -0.2) is 0 Å². The molecule has 0 aromatic heterocycles. The van der Waals surface area contributed by atoms with Gasteiger partial charge < -0.3 is 19.3 Å². The minimum Gasteiger partial charge on any atom is -0.379 e. The number of morpholine rings is 2. The monoisotopic (exact) mass is 612 g/mol. The van der Waals surface area contributed by atoms with Crippen molar-refractivity contribution in [3.05, 3.63) is 46.8 Å². The summed E-state index contributed by atoms with van der Waals surface area (Å²) in [7, 11) is 3.67. The quantitative estimate of drug-likeness (QED) is 0.289. The van der Waals surface area contributed by atoms with Crippen LogP contribution in [0.3, 0.4) is 0 Å². The van der Waals surface area contributed by atoms with Crippen molar-refractivity contribution in [2.75, 3.05) is 92.9 Å². The van der Waals surface area contributed by atoms with Crippen LogP contribution in [0.1, 0.15) is 24.0 Å². The van der Waals surface area contributed by atoms with E-state index in [1.807, 2.05) is 50.5 Å². The molecule has 0 aliphatic carbocycles. The lowest BCUT2D eigenvalue weighted by molar-refractivity contribution is -0.123. The summed E-state index contributed by atoms with van der Waals surface area (Å²) in [5.41, 5.74) is 2.89. The van der Waals surface area contributed by atoms with Gasteiger partial charge in [-0.2, -0.15) is 0 Å². The van der Waals surface area contributed by atoms with Crippen LogP contribution in [0.2, 0.25) is 0 Å². The Hall–Kier alpha value is -2.74. The molecule has 1 aromatic carbocycles. The van der Waals surface area contributed by atoms with Crippen molar-refractivity contribution in [2.45, 2.75) is 12.8 Å². The second-order valence-electron chi connectivity index (χ2n) is 10.9. The SMILES string of the molecule is CN1C(=S)N(CCCN2CCOCC2)C(=O)/C1=C/c1ccc(/C=C2/C(=O)N(CCCN3CCOCC3)C(=S)N2C)cc1. The Morgan fingerprint density at radius 2 is 1.00 bits per heavy atom. The van der Waals surface area contributed by atoms with E-state index in [1.165, 1.54) is 0 Å². The Morgan fingerprint density at radius 1 is 0.643 bits per heavy atom. The molecule has 0 radical (unpaired) electrons. The number of amides is 2. The normalized spacial score (nSPS) is 23.0. The summed E-state index contributed by atoms with van der Waals surface area (Å²) in [6.07, 6.45) is 5.45. The molecule has 0 saturated carbocycles. The highest BCUT2D eigenvalue weighted by molar-refractivity contribution is 7.80. The van der Waals surface area contributed by atoms with E-state index in [0.717, 1.165) is 89.7 Å². The molecular formula is C30H40N6O4S2. The lowest BCUT2D eigenvalue weighted by Crippen LogP contribution is -2.39. The fraction of sp³-hybridized carbons (Fsp3) is 0.533. The van der Waals surface area contributed by atoms with Gasteiger partial charge in [-0.3, -0.25) is 29.2 Å². The Morgan fingerprint density at radius 3 is 1.36 bits per heavy atom. The van der Waals surface area contributed by atoms with Gasteiger partial charge >= 0.3 is 0 Å². The largest absolute Gasteiger partial charge is 0.379 e. The lowest BCUT2D eigenvalue weighted by atomic mass is 10.1. The maximum absolute atomic E-state index is 13.2. The van der Waals surface area contributed by atoms with Crippen LogP contribution in [0.25, 0.3) is 12.2 Å². The molecule has 0 bridgehead atoms. The van der Waals surface area contributed by atoms with E-state index in [0.29, 0.717) is 34.7 Å². The standard InChI is InChI=1S/C30H40N6O4S2/c1-31-25(27(37)35(29(31)41)11-3-9-33-13-17-39-18-14-33)21-23-5-7-24(8-6-23)22-26-28(38)36(30(42)32(26)2)12-4-10-34-15-19-40-20-16-34/h5-8,21-22H,3-4,9-20H2,1-2H3/b25-21-,26-22-. The van der Waals surface area contributed by atoms with Crippen LogP contribution in [0.4, 0.5) is 0 Å². The number of thiocarbonyl (C=S) groups is 2. The zero-order valence-corrected chi connectivity index (χ0v) is 26.1. The molecule has 4 fully saturated rings. The third kappa shape index (κ3) is 7.07. The summed E-state index contributed by atoms with van der Waals surface area (Å²) in [6, 6.07) is 7.79. The van der Waals surface area contributed by atoms with Crippen molar-refractivity contribution in [1.29, 1.82) is 0 Å². The van der Waals surface area contributed by atoms with Gasteiger partial charge in [-0.1, -0.05) is 24.3 Å². The molecule has 0 unspecified atom stereocenters. The summed E-state index contributed by atoms with van der Waals surface area (Å²) in [6.45, 7) is 9.82. The number of hydrogen-bond donors (Lipinski definition) is 0. The third-order valence-electron chi connectivity index (χ3n) is 8.15. The number of carbonyl (C=O) groups is 2. The Bertz CT molecular complexity index is 1150. The van der Waals surface area contributed by atoms with E-state index in [2.05, 4.69) is 9.80 Å². The van der Waals surface area contributed by atoms with Gasteiger partial charge in [0.25, 0.3) is 11.8 Å². The smallest absolute Gasteiger partial charge is 0.276 e.